The number of ether oxygens (including phenoxy) is 3. The van der Waals surface area contributed by atoms with E-state index in [0.717, 1.165) is 0 Å². The van der Waals surface area contributed by atoms with Crippen molar-refractivity contribution in [2.24, 2.45) is 0 Å². The molecule has 0 aromatic heterocycles. The van der Waals surface area contributed by atoms with Crippen molar-refractivity contribution in [2.45, 2.75) is 70.7 Å². The van der Waals surface area contributed by atoms with Crippen molar-refractivity contribution in [2.75, 3.05) is 6.61 Å². The van der Waals surface area contributed by atoms with Crippen LogP contribution < -0.4 is 0 Å². The smallest absolute Gasteiger partial charge is 0.330 e. The van der Waals surface area contributed by atoms with Crippen LogP contribution in [-0.4, -0.2) is 53.5 Å². The molecule has 6 nitrogen and oxygen atoms in total. The van der Waals surface area contributed by atoms with E-state index in [-0.39, 0.29) is 24.6 Å². The van der Waals surface area contributed by atoms with E-state index in [4.69, 9.17) is 14.2 Å². The number of hydrogen-bond acceptors (Lipinski definition) is 6. The average Bonchev–Trinajstić information content (AvgIpc) is 2.41. The van der Waals surface area contributed by atoms with Crippen molar-refractivity contribution >= 4 is 5.97 Å². The van der Waals surface area contributed by atoms with E-state index < -0.39 is 18.5 Å². The Labute approximate surface area is 125 Å². The van der Waals surface area contributed by atoms with Gasteiger partial charge in [-0.1, -0.05) is 6.08 Å². The van der Waals surface area contributed by atoms with E-state index >= 15 is 0 Å². The molecule has 5 atom stereocenters. The summed E-state index contributed by atoms with van der Waals surface area (Å²) in [5, 5.41) is 19.4. The maximum Gasteiger partial charge on any atom is 0.330 e. The van der Waals surface area contributed by atoms with Gasteiger partial charge in [0.05, 0.1) is 24.9 Å². The van der Waals surface area contributed by atoms with Crippen molar-refractivity contribution in [3.63, 3.8) is 0 Å². The number of hydrogen-bond donors (Lipinski definition) is 2. The standard InChI is InChI=1S/C15H26O6/c1-4-19-14(18)8-6-5-7-10(2)20-15-13(17)9-12(16)11(3)21-15/h6,8,10-13,15-17H,4-5,7,9H2,1-3H3/b8-6-/t10-,11+,12?,13-,15-/m1/s1. The highest BCUT2D eigenvalue weighted by molar-refractivity contribution is 5.81. The Hall–Kier alpha value is -0.950. The summed E-state index contributed by atoms with van der Waals surface area (Å²) in [6.07, 6.45) is 2.07. The lowest BCUT2D eigenvalue weighted by molar-refractivity contribution is -0.273. The van der Waals surface area contributed by atoms with Crippen LogP contribution in [0.2, 0.25) is 0 Å². The fourth-order valence-corrected chi connectivity index (χ4v) is 2.06. The third-order valence-corrected chi connectivity index (χ3v) is 3.33. The Morgan fingerprint density at radius 1 is 1.43 bits per heavy atom. The first-order valence-corrected chi connectivity index (χ1v) is 7.44. The van der Waals surface area contributed by atoms with Gasteiger partial charge in [-0.25, -0.2) is 4.79 Å². The van der Waals surface area contributed by atoms with Crippen molar-refractivity contribution in [3.05, 3.63) is 12.2 Å². The van der Waals surface area contributed by atoms with Crippen molar-refractivity contribution in [3.8, 4) is 0 Å². The Kier molecular flexibility index (Phi) is 7.88. The van der Waals surface area contributed by atoms with Crippen molar-refractivity contribution in [1.82, 2.24) is 0 Å². The summed E-state index contributed by atoms with van der Waals surface area (Å²) >= 11 is 0. The summed E-state index contributed by atoms with van der Waals surface area (Å²) < 4.78 is 15.9. The first-order chi connectivity index (χ1) is 9.93. The summed E-state index contributed by atoms with van der Waals surface area (Å²) in [6, 6.07) is 0. The fraction of sp³-hybridized carbons (Fsp3) is 0.800. The van der Waals surface area contributed by atoms with Crippen LogP contribution in [0.4, 0.5) is 0 Å². The zero-order valence-electron chi connectivity index (χ0n) is 12.9. The number of allylic oxidation sites excluding steroid dienone is 1. The molecular formula is C15H26O6. The van der Waals surface area contributed by atoms with Crippen molar-refractivity contribution < 1.29 is 29.2 Å². The van der Waals surface area contributed by atoms with E-state index in [1.54, 1.807) is 19.9 Å². The number of esters is 1. The highest BCUT2D eigenvalue weighted by Crippen LogP contribution is 2.22. The minimum absolute atomic E-state index is 0.126. The lowest BCUT2D eigenvalue weighted by Gasteiger charge is -2.36. The van der Waals surface area contributed by atoms with Gasteiger partial charge in [0.1, 0.15) is 6.10 Å². The Balaban J connectivity index is 2.27. The van der Waals surface area contributed by atoms with Crippen LogP contribution in [0.1, 0.15) is 40.0 Å². The van der Waals surface area contributed by atoms with Gasteiger partial charge in [-0.05, 0) is 33.6 Å². The number of carbonyl (C=O) groups excluding carboxylic acids is 1. The number of carbonyl (C=O) groups is 1. The molecule has 1 unspecified atom stereocenters. The van der Waals surface area contributed by atoms with E-state index in [9.17, 15) is 15.0 Å². The molecule has 0 spiro atoms. The molecule has 1 saturated heterocycles. The zero-order chi connectivity index (χ0) is 15.8. The average molecular weight is 302 g/mol. The molecule has 0 radical (unpaired) electrons. The summed E-state index contributed by atoms with van der Waals surface area (Å²) in [5.41, 5.74) is 0. The van der Waals surface area contributed by atoms with Crippen LogP contribution in [0.25, 0.3) is 0 Å². The molecule has 0 bridgehead atoms. The second kappa shape index (κ2) is 9.15. The molecule has 1 heterocycles. The molecule has 6 heteroatoms. The van der Waals surface area contributed by atoms with Crippen LogP contribution in [0.15, 0.2) is 12.2 Å². The minimum Gasteiger partial charge on any atom is -0.463 e. The fourth-order valence-electron chi connectivity index (χ4n) is 2.06. The van der Waals surface area contributed by atoms with Crippen LogP contribution in [0.5, 0.6) is 0 Å². The van der Waals surface area contributed by atoms with E-state index in [1.165, 1.54) is 6.08 Å². The maximum absolute atomic E-state index is 11.1. The van der Waals surface area contributed by atoms with Crippen LogP contribution in [0.3, 0.4) is 0 Å². The quantitative estimate of drug-likeness (QED) is 0.542. The minimum atomic E-state index is -0.825. The second-order valence-corrected chi connectivity index (χ2v) is 5.26. The molecule has 1 aliphatic heterocycles. The van der Waals surface area contributed by atoms with Gasteiger partial charge >= 0.3 is 5.97 Å². The summed E-state index contributed by atoms with van der Waals surface area (Å²) in [7, 11) is 0. The summed E-state index contributed by atoms with van der Waals surface area (Å²) in [4.78, 5) is 11.1. The largest absolute Gasteiger partial charge is 0.463 e. The summed E-state index contributed by atoms with van der Waals surface area (Å²) in [5.74, 6) is -0.347. The Bertz CT molecular complexity index is 343. The third kappa shape index (κ3) is 6.56. The topological polar surface area (TPSA) is 85.2 Å². The first kappa shape index (κ1) is 18.1. The molecule has 0 amide bonds. The normalized spacial score (nSPS) is 31.3. The van der Waals surface area contributed by atoms with Crippen LogP contribution >= 0.6 is 0 Å². The van der Waals surface area contributed by atoms with Crippen molar-refractivity contribution in [1.29, 1.82) is 0 Å². The van der Waals surface area contributed by atoms with E-state index in [0.29, 0.717) is 19.4 Å². The lowest BCUT2D eigenvalue weighted by Crippen LogP contribution is -2.48. The number of aliphatic hydroxyl groups is 2. The predicted octanol–water partition coefficient (Wildman–Crippen LogP) is 1.15. The van der Waals surface area contributed by atoms with Gasteiger partial charge in [-0.15, -0.1) is 0 Å². The molecule has 2 N–H and O–H groups in total. The number of rotatable bonds is 7. The zero-order valence-corrected chi connectivity index (χ0v) is 12.9. The SMILES string of the molecule is CCOC(=O)/C=C\CC[C@@H](C)O[C@@H]1O[C@@H](C)C(O)C[C@H]1O. The molecule has 122 valence electrons. The lowest BCUT2D eigenvalue weighted by atomic mass is 10.0. The van der Waals surface area contributed by atoms with Gasteiger partial charge in [0.15, 0.2) is 6.29 Å². The van der Waals surface area contributed by atoms with Gasteiger partial charge in [0.2, 0.25) is 0 Å². The Morgan fingerprint density at radius 2 is 2.14 bits per heavy atom. The van der Waals surface area contributed by atoms with Gasteiger partial charge in [0.25, 0.3) is 0 Å². The highest BCUT2D eigenvalue weighted by atomic mass is 16.7. The summed E-state index contributed by atoms with van der Waals surface area (Å²) in [6.45, 7) is 5.75. The van der Waals surface area contributed by atoms with Gasteiger partial charge < -0.3 is 24.4 Å². The van der Waals surface area contributed by atoms with Gasteiger partial charge in [-0.3, -0.25) is 0 Å². The molecule has 21 heavy (non-hydrogen) atoms. The highest BCUT2D eigenvalue weighted by Gasteiger charge is 2.35. The van der Waals surface area contributed by atoms with Crippen LogP contribution in [0, 0.1) is 0 Å². The molecule has 0 aliphatic carbocycles. The monoisotopic (exact) mass is 302 g/mol. The van der Waals surface area contributed by atoms with E-state index in [2.05, 4.69) is 0 Å². The van der Waals surface area contributed by atoms with Crippen LogP contribution in [-0.2, 0) is 19.0 Å². The predicted molar refractivity (Wildman–Crippen MR) is 76.5 cm³/mol. The number of aliphatic hydroxyl groups excluding tert-OH is 2. The third-order valence-electron chi connectivity index (χ3n) is 3.33. The van der Waals surface area contributed by atoms with Gasteiger partial charge in [-0.2, -0.15) is 0 Å². The maximum atomic E-state index is 11.1. The molecule has 1 fully saturated rings. The molecule has 0 aromatic rings. The molecule has 0 aromatic carbocycles. The molecule has 1 rings (SSSR count). The molecule has 1 aliphatic rings. The second-order valence-electron chi connectivity index (χ2n) is 5.26. The van der Waals surface area contributed by atoms with E-state index in [1.807, 2.05) is 6.92 Å². The molecular weight excluding hydrogens is 276 g/mol. The first-order valence-electron chi connectivity index (χ1n) is 7.44. The van der Waals surface area contributed by atoms with Gasteiger partial charge in [0, 0.05) is 12.5 Å². The Morgan fingerprint density at radius 3 is 2.81 bits per heavy atom. The molecule has 0 saturated carbocycles.